The van der Waals surface area contributed by atoms with E-state index in [4.69, 9.17) is 18.9 Å². The zero-order chi connectivity index (χ0) is 31.5. The summed E-state index contributed by atoms with van der Waals surface area (Å²) in [6.07, 6.45) is 7.38. The maximum absolute atomic E-state index is 12.6. The molecule has 0 aliphatic heterocycles. The molecule has 0 fully saturated rings. The summed E-state index contributed by atoms with van der Waals surface area (Å²) in [4.78, 5) is 36.3. The van der Waals surface area contributed by atoms with Crippen molar-refractivity contribution in [3.8, 4) is 34.1 Å². The van der Waals surface area contributed by atoms with E-state index in [0.717, 1.165) is 11.1 Å². The van der Waals surface area contributed by atoms with Gasteiger partial charge in [-0.25, -0.2) is 14.4 Å². The van der Waals surface area contributed by atoms with Crippen molar-refractivity contribution in [3.63, 3.8) is 0 Å². The Hall–Kier alpha value is -5.43. The minimum atomic E-state index is -0.575. The lowest BCUT2D eigenvalue weighted by Crippen LogP contribution is -2.09. The summed E-state index contributed by atoms with van der Waals surface area (Å²) in [5.74, 6) is 0.00161. The number of rotatable bonds is 12. The van der Waals surface area contributed by atoms with E-state index in [0.29, 0.717) is 51.9 Å². The van der Waals surface area contributed by atoms with Crippen molar-refractivity contribution < 1.29 is 33.3 Å². The highest BCUT2D eigenvalue weighted by molar-refractivity contribution is 5.91. The smallest absolute Gasteiger partial charge is 0.338 e. The van der Waals surface area contributed by atoms with Gasteiger partial charge in [0.2, 0.25) is 0 Å². The molecule has 0 atom stereocenters. The van der Waals surface area contributed by atoms with Crippen molar-refractivity contribution in [1.29, 1.82) is 0 Å². The lowest BCUT2D eigenvalue weighted by Gasteiger charge is -2.16. The molecule has 0 bridgehead atoms. The Morgan fingerprint density at radius 3 is 1.70 bits per heavy atom. The first-order chi connectivity index (χ1) is 20.5. The quantitative estimate of drug-likeness (QED) is 0.0709. The third kappa shape index (κ3) is 9.30. The van der Waals surface area contributed by atoms with Gasteiger partial charge in [0, 0.05) is 27.8 Å². The fourth-order valence-electron chi connectivity index (χ4n) is 3.48. The van der Waals surface area contributed by atoms with Gasteiger partial charge in [0.05, 0.1) is 0 Å². The van der Waals surface area contributed by atoms with Crippen LogP contribution in [0.1, 0.15) is 38.8 Å². The Bertz CT molecular complexity index is 1600. The molecule has 3 aromatic carbocycles. The predicted molar refractivity (Wildman–Crippen MR) is 169 cm³/mol. The van der Waals surface area contributed by atoms with E-state index in [2.05, 4.69) is 19.7 Å². The van der Waals surface area contributed by atoms with Gasteiger partial charge in [0.25, 0.3) is 0 Å². The Morgan fingerprint density at radius 2 is 1.19 bits per heavy atom. The second kappa shape index (κ2) is 15.0. The molecule has 7 heteroatoms. The number of carbonyl (C=O) groups is 3. The van der Waals surface area contributed by atoms with E-state index in [-0.39, 0.29) is 5.57 Å². The van der Waals surface area contributed by atoms with E-state index < -0.39 is 17.9 Å². The summed E-state index contributed by atoms with van der Waals surface area (Å²) >= 11 is 0. The molecular weight excluding hydrogens is 544 g/mol. The van der Waals surface area contributed by atoms with Crippen molar-refractivity contribution in [3.05, 3.63) is 120 Å². The standard InChI is InChI=1S/C36H34O7/c1-8-9-20-40-33-21-28(13-10-26-11-16-29(17-12-26)41-34(37)23(2)3)32(43-36(39)25(6)7)22-31(33)27-14-18-30(19-15-27)42-35(38)24(4)5/h8-19,21-22H,2,4,6,20H2,1,3,5,7H3/b9-8+,13-10+. The highest BCUT2D eigenvalue weighted by Gasteiger charge is 2.17. The molecule has 0 aromatic heterocycles. The molecule has 0 saturated heterocycles. The number of hydrogen-bond acceptors (Lipinski definition) is 7. The van der Waals surface area contributed by atoms with Crippen LogP contribution in [0.2, 0.25) is 0 Å². The van der Waals surface area contributed by atoms with Gasteiger partial charge in [-0.1, -0.05) is 68.3 Å². The van der Waals surface area contributed by atoms with E-state index in [9.17, 15) is 14.4 Å². The molecule has 43 heavy (non-hydrogen) atoms. The van der Waals surface area contributed by atoms with E-state index >= 15 is 0 Å². The van der Waals surface area contributed by atoms with Crippen LogP contribution in [0, 0.1) is 0 Å². The zero-order valence-electron chi connectivity index (χ0n) is 24.8. The van der Waals surface area contributed by atoms with E-state index in [1.807, 2.05) is 25.2 Å². The summed E-state index contributed by atoms with van der Waals surface area (Å²) in [5.41, 5.74) is 3.64. The molecule has 0 heterocycles. The van der Waals surface area contributed by atoms with Crippen LogP contribution in [-0.2, 0) is 14.4 Å². The lowest BCUT2D eigenvalue weighted by molar-refractivity contribution is -0.130. The molecule has 7 nitrogen and oxygen atoms in total. The second-order valence-electron chi connectivity index (χ2n) is 9.70. The fraction of sp³-hybridized carbons (Fsp3) is 0.139. The largest absolute Gasteiger partial charge is 0.489 e. The molecule has 0 N–H and O–H groups in total. The molecule has 3 rings (SSSR count). The molecule has 220 valence electrons. The van der Waals surface area contributed by atoms with Crippen LogP contribution in [-0.4, -0.2) is 24.5 Å². The molecule has 3 aromatic rings. The van der Waals surface area contributed by atoms with Crippen LogP contribution < -0.4 is 18.9 Å². The molecular formula is C36H34O7. The maximum Gasteiger partial charge on any atom is 0.338 e. The molecule has 0 amide bonds. The van der Waals surface area contributed by atoms with Crippen LogP contribution in [0.5, 0.6) is 23.0 Å². The lowest BCUT2D eigenvalue weighted by atomic mass is 10.0. The molecule has 0 aliphatic carbocycles. The third-order valence-electron chi connectivity index (χ3n) is 5.85. The molecule has 0 spiro atoms. The number of ether oxygens (including phenoxy) is 4. The fourth-order valence-corrected chi connectivity index (χ4v) is 3.48. The van der Waals surface area contributed by atoms with Crippen molar-refractivity contribution in [2.75, 3.05) is 6.61 Å². The zero-order valence-corrected chi connectivity index (χ0v) is 24.8. The highest BCUT2D eigenvalue weighted by atomic mass is 16.5. The Balaban J connectivity index is 2.03. The predicted octanol–water partition coefficient (Wildman–Crippen LogP) is 7.92. The third-order valence-corrected chi connectivity index (χ3v) is 5.85. The van der Waals surface area contributed by atoms with Gasteiger partial charge in [-0.2, -0.15) is 0 Å². The number of allylic oxidation sites excluding steroid dienone is 1. The summed E-state index contributed by atoms with van der Waals surface area (Å²) in [6.45, 7) is 17.8. The van der Waals surface area contributed by atoms with Gasteiger partial charge in [0.1, 0.15) is 29.6 Å². The number of carbonyl (C=O) groups excluding carboxylic acids is 3. The summed E-state index contributed by atoms with van der Waals surface area (Å²) in [7, 11) is 0. The normalized spacial score (nSPS) is 10.8. The molecule has 0 aliphatic rings. The monoisotopic (exact) mass is 578 g/mol. The molecule has 0 radical (unpaired) electrons. The Labute approximate surface area is 252 Å². The number of benzene rings is 3. The Morgan fingerprint density at radius 1 is 0.674 bits per heavy atom. The van der Waals surface area contributed by atoms with Crippen molar-refractivity contribution >= 4 is 30.1 Å². The first kappa shape index (κ1) is 32.1. The van der Waals surface area contributed by atoms with E-state index in [1.165, 1.54) is 0 Å². The van der Waals surface area contributed by atoms with Crippen molar-refractivity contribution in [1.82, 2.24) is 0 Å². The first-order valence-corrected chi connectivity index (χ1v) is 13.4. The molecule has 0 saturated carbocycles. The maximum atomic E-state index is 12.6. The number of hydrogen-bond donors (Lipinski definition) is 0. The van der Waals surface area contributed by atoms with Crippen molar-refractivity contribution in [2.45, 2.75) is 27.7 Å². The van der Waals surface area contributed by atoms with Gasteiger partial charge in [-0.05, 0) is 75.2 Å². The van der Waals surface area contributed by atoms with Gasteiger partial charge in [0.15, 0.2) is 0 Å². The van der Waals surface area contributed by atoms with Crippen LogP contribution in [0.15, 0.2) is 109 Å². The van der Waals surface area contributed by atoms with Crippen molar-refractivity contribution in [2.24, 2.45) is 0 Å². The minimum absolute atomic E-state index is 0.244. The van der Waals surface area contributed by atoms with Gasteiger partial charge < -0.3 is 18.9 Å². The summed E-state index contributed by atoms with van der Waals surface area (Å²) in [5, 5.41) is 0. The van der Waals surface area contributed by atoms with Gasteiger partial charge >= 0.3 is 17.9 Å². The summed E-state index contributed by atoms with van der Waals surface area (Å²) < 4.78 is 22.4. The van der Waals surface area contributed by atoms with Gasteiger partial charge in [-0.3, -0.25) is 0 Å². The highest BCUT2D eigenvalue weighted by Crippen LogP contribution is 2.38. The Kier molecular flexibility index (Phi) is 11.2. The topological polar surface area (TPSA) is 88.1 Å². The molecule has 0 unspecified atom stereocenters. The first-order valence-electron chi connectivity index (χ1n) is 13.4. The second-order valence-corrected chi connectivity index (χ2v) is 9.70. The van der Waals surface area contributed by atoms with E-state index in [1.54, 1.807) is 87.5 Å². The van der Waals surface area contributed by atoms with Crippen LogP contribution in [0.4, 0.5) is 0 Å². The van der Waals surface area contributed by atoms with Crippen LogP contribution >= 0.6 is 0 Å². The summed E-state index contributed by atoms with van der Waals surface area (Å²) in [6, 6.07) is 17.3. The SMILES string of the molecule is C=C(C)C(=O)Oc1ccc(/C=C/c2cc(OC/C=C/C)c(-c3ccc(OC(=O)C(=C)C)cc3)cc2OC(=O)C(=C)C)cc1. The van der Waals surface area contributed by atoms with Crippen LogP contribution in [0.3, 0.4) is 0 Å². The average Bonchev–Trinajstić information content (AvgIpc) is 2.97. The minimum Gasteiger partial charge on any atom is -0.489 e. The van der Waals surface area contributed by atoms with Gasteiger partial charge in [-0.15, -0.1) is 0 Å². The van der Waals surface area contributed by atoms with Crippen LogP contribution in [0.25, 0.3) is 23.3 Å². The average molecular weight is 579 g/mol. The number of esters is 3.